The summed E-state index contributed by atoms with van der Waals surface area (Å²) < 4.78 is 13.0. The lowest BCUT2D eigenvalue weighted by molar-refractivity contribution is 0.0953. The van der Waals surface area contributed by atoms with Gasteiger partial charge in [-0.3, -0.25) is 4.79 Å². The molecule has 0 bridgehead atoms. The van der Waals surface area contributed by atoms with Crippen molar-refractivity contribution < 1.29 is 9.18 Å². The Morgan fingerprint density at radius 2 is 2.33 bits per heavy atom. The van der Waals surface area contributed by atoms with E-state index in [1.807, 2.05) is 11.8 Å². The maximum atomic E-state index is 13.0. The van der Waals surface area contributed by atoms with E-state index in [1.54, 1.807) is 0 Å². The number of hydrogen-bond donors (Lipinski definition) is 2. The Kier molecular flexibility index (Phi) is 4.47. The number of halogens is 1. The average Bonchev–Trinajstić information content (AvgIpc) is 2.40. The predicted molar refractivity (Wildman–Crippen MR) is 73.2 cm³/mol. The Morgan fingerprint density at radius 1 is 1.50 bits per heavy atom. The van der Waals surface area contributed by atoms with Gasteiger partial charge >= 0.3 is 0 Å². The van der Waals surface area contributed by atoms with E-state index < -0.39 is 5.82 Å². The van der Waals surface area contributed by atoms with Crippen molar-refractivity contribution >= 4 is 23.4 Å². The number of rotatable bonds is 3. The highest BCUT2D eigenvalue weighted by Gasteiger charge is 2.15. The zero-order valence-electron chi connectivity index (χ0n) is 10.1. The van der Waals surface area contributed by atoms with Crippen molar-refractivity contribution in [2.75, 3.05) is 18.0 Å². The van der Waals surface area contributed by atoms with E-state index in [1.165, 1.54) is 36.8 Å². The monoisotopic (exact) mass is 268 g/mol. The van der Waals surface area contributed by atoms with Gasteiger partial charge in [0.1, 0.15) is 5.82 Å². The molecule has 1 aromatic rings. The van der Waals surface area contributed by atoms with E-state index in [2.05, 4.69) is 5.32 Å². The van der Waals surface area contributed by atoms with Crippen LogP contribution in [0, 0.1) is 5.82 Å². The number of benzene rings is 1. The van der Waals surface area contributed by atoms with Gasteiger partial charge in [0, 0.05) is 17.4 Å². The molecular weight excluding hydrogens is 251 g/mol. The summed E-state index contributed by atoms with van der Waals surface area (Å²) in [6.45, 7) is 0.667. The third-order valence-corrected chi connectivity index (χ3v) is 4.42. The summed E-state index contributed by atoms with van der Waals surface area (Å²) in [5.74, 6) is 0.492. The zero-order chi connectivity index (χ0) is 13.0. The summed E-state index contributed by atoms with van der Waals surface area (Å²) in [4.78, 5) is 11.9. The molecular formula is C13H17FN2OS. The highest BCUT2D eigenvalue weighted by molar-refractivity contribution is 7.99. The van der Waals surface area contributed by atoms with E-state index >= 15 is 0 Å². The fourth-order valence-corrected chi connectivity index (χ4v) is 3.20. The normalized spacial score (nSPS) is 19.5. The number of thioether (sulfide) groups is 1. The van der Waals surface area contributed by atoms with Crippen LogP contribution >= 0.6 is 11.8 Å². The Balaban J connectivity index is 1.88. The van der Waals surface area contributed by atoms with Crippen molar-refractivity contribution in [2.45, 2.75) is 24.5 Å². The molecule has 18 heavy (non-hydrogen) atoms. The molecule has 1 atom stereocenters. The zero-order valence-corrected chi connectivity index (χ0v) is 10.9. The number of amides is 1. The molecule has 5 heteroatoms. The van der Waals surface area contributed by atoms with Gasteiger partial charge in [0.15, 0.2) is 0 Å². The Hall–Kier alpha value is -1.23. The van der Waals surface area contributed by atoms with Crippen LogP contribution in [0.3, 0.4) is 0 Å². The molecule has 98 valence electrons. The van der Waals surface area contributed by atoms with Crippen LogP contribution in [-0.2, 0) is 0 Å². The molecule has 1 saturated heterocycles. The van der Waals surface area contributed by atoms with E-state index in [0.29, 0.717) is 17.4 Å². The van der Waals surface area contributed by atoms with Crippen LogP contribution in [0.5, 0.6) is 0 Å². The lowest BCUT2D eigenvalue weighted by Crippen LogP contribution is -2.31. The van der Waals surface area contributed by atoms with E-state index in [9.17, 15) is 9.18 Å². The summed E-state index contributed by atoms with van der Waals surface area (Å²) in [6, 6.07) is 4.05. The molecule has 1 fully saturated rings. The minimum absolute atomic E-state index is 0.00897. The van der Waals surface area contributed by atoms with Crippen LogP contribution in [-0.4, -0.2) is 23.5 Å². The first-order chi connectivity index (χ1) is 8.66. The van der Waals surface area contributed by atoms with Crippen LogP contribution in [0.25, 0.3) is 0 Å². The molecule has 0 aliphatic carbocycles. The van der Waals surface area contributed by atoms with Crippen molar-refractivity contribution in [3.05, 3.63) is 29.6 Å². The van der Waals surface area contributed by atoms with Gasteiger partial charge in [0.05, 0.1) is 5.69 Å². The fraction of sp³-hybridized carbons (Fsp3) is 0.462. The Morgan fingerprint density at radius 3 is 3.00 bits per heavy atom. The first-order valence-corrected chi connectivity index (χ1v) is 7.16. The van der Waals surface area contributed by atoms with Crippen molar-refractivity contribution in [1.29, 1.82) is 0 Å². The standard InChI is InChI=1S/C13H17FN2OS/c14-11-5-4-9(7-12(11)15)13(17)16-8-10-3-1-2-6-18-10/h4-5,7,10H,1-3,6,8,15H2,(H,16,17). The third kappa shape index (κ3) is 3.38. The van der Waals surface area contributed by atoms with Gasteiger partial charge in [-0.15, -0.1) is 0 Å². The number of nitrogens with two attached hydrogens (primary N) is 1. The van der Waals surface area contributed by atoms with Crippen LogP contribution in [0.4, 0.5) is 10.1 Å². The number of hydrogen-bond acceptors (Lipinski definition) is 3. The van der Waals surface area contributed by atoms with Crippen molar-refractivity contribution in [1.82, 2.24) is 5.32 Å². The van der Waals surface area contributed by atoms with Gasteiger partial charge in [0.2, 0.25) is 0 Å². The second-order valence-corrected chi connectivity index (χ2v) is 5.84. The lowest BCUT2D eigenvalue weighted by Gasteiger charge is -2.21. The Labute approximate surface area is 110 Å². The number of carbonyl (C=O) groups is 1. The molecule has 1 amide bonds. The Bertz CT molecular complexity index is 433. The van der Waals surface area contributed by atoms with Crippen LogP contribution in [0.1, 0.15) is 29.6 Å². The summed E-state index contributed by atoms with van der Waals surface area (Å²) in [5, 5.41) is 3.38. The molecule has 0 aromatic heterocycles. The lowest BCUT2D eigenvalue weighted by atomic mass is 10.1. The minimum Gasteiger partial charge on any atom is -0.396 e. The molecule has 1 unspecified atom stereocenters. The number of anilines is 1. The highest BCUT2D eigenvalue weighted by atomic mass is 32.2. The smallest absolute Gasteiger partial charge is 0.251 e. The number of carbonyl (C=O) groups excluding carboxylic acids is 1. The van der Waals surface area contributed by atoms with Gasteiger partial charge in [0.25, 0.3) is 5.91 Å². The SMILES string of the molecule is Nc1cc(C(=O)NCC2CCCCS2)ccc1F. The second kappa shape index (κ2) is 6.09. The molecule has 0 radical (unpaired) electrons. The molecule has 0 spiro atoms. The van der Waals surface area contributed by atoms with Gasteiger partial charge in [-0.25, -0.2) is 4.39 Å². The topological polar surface area (TPSA) is 55.1 Å². The van der Waals surface area contributed by atoms with Crippen LogP contribution < -0.4 is 11.1 Å². The molecule has 1 heterocycles. The van der Waals surface area contributed by atoms with Crippen LogP contribution in [0.2, 0.25) is 0 Å². The first kappa shape index (κ1) is 13.2. The predicted octanol–water partition coefficient (Wildman–Crippen LogP) is 2.42. The van der Waals surface area contributed by atoms with Gasteiger partial charge in [-0.2, -0.15) is 11.8 Å². The molecule has 1 aliphatic rings. The maximum Gasteiger partial charge on any atom is 0.251 e. The van der Waals surface area contributed by atoms with Crippen molar-refractivity contribution in [3.8, 4) is 0 Å². The summed E-state index contributed by atoms with van der Waals surface area (Å²) >= 11 is 1.91. The number of nitrogens with one attached hydrogen (secondary N) is 1. The van der Waals surface area contributed by atoms with Crippen molar-refractivity contribution in [3.63, 3.8) is 0 Å². The summed E-state index contributed by atoms with van der Waals surface area (Å²) in [7, 11) is 0. The molecule has 1 aliphatic heterocycles. The largest absolute Gasteiger partial charge is 0.396 e. The van der Waals surface area contributed by atoms with Gasteiger partial charge in [-0.05, 0) is 36.8 Å². The first-order valence-electron chi connectivity index (χ1n) is 6.11. The molecule has 3 N–H and O–H groups in total. The quantitative estimate of drug-likeness (QED) is 0.828. The van der Waals surface area contributed by atoms with Gasteiger partial charge in [-0.1, -0.05) is 6.42 Å². The van der Waals surface area contributed by atoms with E-state index in [4.69, 9.17) is 5.73 Å². The highest BCUT2D eigenvalue weighted by Crippen LogP contribution is 2.24. The third-order valence-electron chi connectivity index (χ3n) is 3.02. The summed E-state index contributed by atoms with van der Waals surface area (Å²) in [6.07, 6.45) is 3.65. The maximum absolute atomic E-state index is 13.0. The summed E-state index contributed by atoms with van der Waals surface area (Å²) in [5.41, 5.74) is 5.86. The number of nitrogen functional groups attached to an aromatic ring is 1. The molecule has 1 aromatic carbocycles. The molecule has 2 rings (SSSR count). The van der Waals surface area contributed by atoms with Crippen LogP contribution in [0.15, 0.2) is 18.2 Å². The van der Waals surface area contributed by atoms with Gasteiger partial charge < -0.3 is 11.1 Å². The molecule has 0 saturated carbocycles. The molecule has 3 nitrogen and oxygen atoms in total. The van der Waals surface area contributed by atoms with E-state index in [0.717, 1.165) is 6.42 Å². The van der Waals surface area contributed by atoms with Crippen molar-refractivity contribution in [2.24, 2.45) is 0 Å². The minimum atomic E-state index is -0.491. The fourth-order valence-electron chi connectivity index (χ4n) is 1.96. The average molecular weight is 268 g/mol. The second-order valence-electron chi connectivity index (χ2n) is 4.43. The van der Waals surface area contributed by atoms with E-state index in [-0.39, 0.29) is 11.6 Å².